The molecule has 31 heavy (non-hydrogen) atoms. The predicted octanol–water partition coefficient (Wildman–Crippen LogP) is 3.01. The predicted molar refractivity (Wildman–Crippen MR) is 114 cm³/mol. The monoisotopic (exact) mass is 424 g/mol. The average molecular weight is 425 g/mol. The number of amides is 1. The van der Waals surface area contributed by atoms with Gasteiger partial charge in [-0.1, -0.05) is 43.2 Å². The molecule has 3 fully saturated rings. The Hall–Kier alpha value is -2.71. The summed E-state index contributed by atoms with van der Waals surface area (Å²) in [6.45, 7) is 1.19. The molecule has 5 rings (SSSR count). The molecule has 2 saturated heterocycles. The number of alkyl carbamates (subject to hydrolysis) is 1. The van der Waals surface area contributed by atoms with Gasteiger partial charge in [-0.25, -0.2) is 14.8 Å². The number of hydrogen-bond donors (Lipinski definition) is 2. The lowest BCUT2D eigenvalue weighted by Gasteiger charge is -2.18. The third-order valence-electron chi connectivity index (χ3n) is 6.31. The van der Waals surface area contributed by atoms with Crippen molar-refractivity contribution in [3.63, 3.8) is 0 Å². The van der Waals surface area contributed by atoms with E-state index in [4.69, 9.17) is 19.2 Å². The number of ether oxygens (including phenoxy) is 3. The molecule has 2 aliphatic heterocycles. The van der Waals surface area contributed by atoms with Crippen LogP contribution < -0.4 is 10.6 Å². The molecule has 1 aromatic carbocycles. The zero-order valence-corrected chi connectivity index (χ0v) is 17.4. The van der Waals surface area contributed by atoms with Gasteiger partial charge < -0.3 is 24.8 Å². The molecule has 4 unspecified atom stereocenters. The van der Waals surface area contributed by atoms with Crippen molar-refractivity contribution in [3.8, 4) is 0 Å². The molecule has 1 aliphatic carbocycles. The van der Waals surface area contributed by atoms with E-state index < -0.39 is 12.2 Å². The Labute approximate surface area is 181 Å². The van der Waals surface area contributed by atoms with E-state index in [1.165, 1.54) is 25.7 Å². The summed E-state index contributed by atoms with van der Waals surface area (Å²) in [6.07, 6.45) is 5.35. The first kappa shape index (κ1) is 20.2. The molecule has 2 aromatic rings. The molecule has 1 amide bonds. The molecule has 4 atom stereocenters. The van der Waals surface area contributed by atoms with Gasteiger partial charge in [0.05, 0.1) is 19.3 Å². The molecule has 1 aromatic heterocycles. The molecule has 3 heterocycles. The number of anilines is 1. The van der Waals surface area contributed by atoms with Crippen molar-refractivity contribution in [1.29, 1.82) is 0 Å². The number of aromatic nitrogens is 2. The third-order valence-corrected chi connectivity index (χ3v) is 6.31. The highest BCUT2D eigenvalue weighted by molar-refractivity contribution is 5.67. The van der Waals surface area contributed by atoms with Gasteiger partial charge in [-0.15, -0.1) is 0 Å². The van der Waals surface area contributed by atoms with Crippen molar-refractivity contribution >= 4 is 12.0 Å². The smallest absolute Gasteiger partial charge is 0.407 e. The van der Waals surface area contributed by atoms with Crippen LogP contribution in [0.3, 0.4) is 0 Å². The van der Waals surface area contributed by atoms with Crippen LogP contribution in [0.5, 0.6) is 0 Å². The van der Waals surface area contributed by atoms with E-state index >= 15 is 0 Å². The number of nitrogens with one attached hydrogen (secondary N) is 2. The van der Waals surface area contributed by atoms with Crippen LogP contribution >= 0.6 is 0 Å². The molecule has 8 nitrogen and oxygen atoms in total. The minimum atomic E-state index is -0.467. The first-order chi connectivity index (χ1) is 15.3. The van der Waals surface area contributed by atoms with Crippen molar-refractivity contribution < 1.29 is 19.0 Å². The molecule has 2 N–H and O–H groups in total. The summed E-state index contributed by atoms with van der Waals surface area (Å²) in [7, 11) is 0. The van der Waals surface area contributed by atoms with Gasteiger partial charge in [0.25, 0.3) is 0 Å². The van der Waals surface area contributed by atoms with Crippen molar-refractivity contribution in [2.45, 2.75) is 62.5 Å². The number of benzene rings is 1. The Morgan fingerprint density at radius 3 is 2.71 bits per heavy atom. The fourth-order valence-electron chi connectivity index (χ4n) is 4.70. The summed E-state index contributed by atoms with van der Waals surface area (Å²) < 4.78 is 17.4. The molecule has 0 spiro atoms. The minimum Gasteiger partial charge on any atom is -0.441 e. The second-order valence-electron chi connectivity index (χ2n) is 8.42. The molecule has 0 bridgehead atoms. The van der Waals surface area contributed by atoms with Crippen LogP contribution in [0, 0.1) is 0 Å². The van der Waals surface area contributed by atoms with Gasteiger partial charge in [0, 0.05) is 24.4 Å². The second-order valence-corrected chi connectivity index (χ2v) is 8.42. The Balaban J connectivity index is 1.14. The van der Waals surface area contributed by atoms with Gasteiger partial charge in [-0.2, -0.15) is 0 Å². The highest BCUT2D eigenvalue weighted by atomic mass is 16.6. The zero-order valence-electron chi connectivity index (χ0n) is 17.4. The van der Waals surface area contributed by atoms with Crippen LogP contribution in [0.2, 0.25) is 0 Å². The van der Waals surface area contributed by atoms with Crippen LogP contribution in [0.25, 0.3) is 0 Å². The maximum Gasteiger partial charge on any atom is 0.407 e. The lowest BCUT2D eigenvalue weighted by Crippen LogP contribution is -2.39. The van der Waals surface area contributed by atoms with E-state index in [1.54, 1.807) is 0 Å². The maximum atomic E-state index is 12.2. The van der Waals surface area contributed by atoms with Crippen molar-refractivity contribution in [3.05, 3.63) is 53.9 Å². The van der Waals surface area contributed by atoms with E-state index in [1.807, 2.05) is 42.6 Å². The first-order valence-corrected chi connectivity index (χ1v) is 11.1. The normalized spacial score (nSPS) is 27.7. The summed E-state index contributed by atoms with van der Waals surface area (Å²) in [5.74, 6) is 1.14. The summed E-state index contributed by atoms with van der Waals surface area (Å²) >= 11 is 0. The van der Waals surface area contributed by atoms with Crippen LogP contribution in [0.1, 0.15) is 42.9 Å². The molecular weight excluding hydrogens is 396 g/mol. The summed E-state index contributed by atoms with van der Waals surface area (Å²) in [6, 6.07) is 11.7. The first-order valence-electron chi connectivity index (χ1n) is 11.1. The lowest BCUT2D eigenvalue weighted by atomic mass is 10.0. The molecular formula is C23H28N4O4. The largest absolute Gasteiger partial charge is 0.441 e. The summed E-state index contributed by atoms with van der Waals surface area (Å²) in [5.41, 5.74) is 2.12. The molecule has 1 saturated carbocycles. The fourth-order valence-corrected chi connectivity index (χ4v) is 4.70. The van der Waals surface area contributed by atoms with E-state index in [-0.39, 0.29) is 18.2 Å². The van der Waals surface area contributed by atoms with Crippen molar-refractivity contribution in [1.82, 2.24) is 15.3 Å². The minimum absolute atomic E-state index is 0.0789. The SMILES string of the molecule is O=C(NCc1ccccc1)OC1COC2C(Nc3nccc(C4CCCC4)n3)COC12. The van der Waals surface area contributed by atoms with Crippen LogP contribution in [-0.2, 0) is 20.8 Å². The van der Waals surface area contributed by atoms with Crippen LogP contribution in [-0.4, -0.2) is 53.6 Å². The van der Waals surface area contributed by atoms with Gasteiger partial charge in [0.2, 0.25) is 5.95 Å². The van der Waals surface area contributed by atoms with E-state index in [0.29, 0.717) is 31.6 Å². The Morgan fingerprint density at radius 2 is 1.87 bits per heavy atom. The Kier molecular flexibility index (Phi) is 5.99. The van der Waals surface area contributed by atoms with Crippen molar-refractivity contribution in [2.24, 2.45) is 0 Å². The van der Waals surface area contributed by atoms with E-state index in [2.05, 4.69) is 15.6 Å². The van der Waals surface area contributed by atoms with E-state index in [0.717, 1.165) is 11.3 Å². The van der Waals surface area contributed by atoms with Crippen molar-refractivity contribution in [2.75, 3.05) is 18.5 Å². The fraction of sp³-hybridized carbons (Fsp3) is 0.522. The van der Waals surface area contributed by atoms with E-state index in [9.17, 15) is 4.79 Å². The van der Waals surface area contributed by atoms with Gasteiger partial charge in [0.1, 0.15) is 12.2 Å². The standard InChI is InChI=1S/C23H28N4O4/c28-23(25-12-15-6-2-1-3-7-15)31-19-14-30-20-18(13-29-21(19)20)27-22-24-11-10-17(26-22)16-8-4-5-9-16/h1-3,6-7,10-11,16,18-21H,4-5,8-9,12-14H2,(H,25,28)(H,24,26,27). The average Bonchev–Trinajstić information content (AvgIpc) is 3.54. The lowest BCUT2D eigenvalue weighted by molar-refractivity contribution is 0.00431. The number of fused-ring (bicyclic) bond motifs is 1. The highest BCUT2D eigenvalue weighted by Gasteiger charge is 2.49. The number of carbonyl (C=O) groups excluding carboxylic acids is 1. The Morgan fingerprint density at radius 1 is 1.06 bits per heavy atom. The number of hydrogen-bond acceptors (Lipinski definition) is 7. The van der Waals surface area contributed by atoms with Gasteiger partial charge in [-0.3, -0.25) is 0 Å². The molecule has 164 valence electrons. The van der Waals surface area contributed by atoms with Crippen LogP contribution in [0.15, 0.2) is 42.6 Å². The zero-order chi connectivity index (χ0) is 21.0. The maximum absolute atomic E-state index is 12.2. The second kappa shape index (κ2) is 9.20. The topological polar surface area (TPSA) is 94.6 Å². The number of rotatable bonds is 6. The highest BCUT2D eigenvalue weighted by Crippen LogP contribution is 2.34. The quantitative estimate of drug-likeness (QED) is 0.736. The summed E-state index contributed by atoms with van der Waals surface area (Å²) in [5, 5.41) is 6.15. The summed E-state index contributed by atoms with van der Waals surface area (Å²) in [4.78, 5) is 21.3. The number of carbonyl (C=O) groups is 1. The number of nitrogens with zero attached hydrogens (tertiary/aromatic N) is 2. The third kappa shape index (κ3) is 4.65. The Bertz CT molecular complexity index is 890. The van der Waals surface area contributed by atoms with Gasteiger partial charge in [0.15, 0.2) is 6.10 Å². The molecule has 8 heteroatoms. The van der Waals surface area contributed by atoms with Crippen LogP contribution in [0.4, 0.5) is 10.7 Å². The van der Waals surface area contributed by atoms with Gasteiger partial charge >= 0.3 is 6.09 Å². The molecule has 0 radical (unpaired) electrons. The molecule has 3 aliphatic rings. The van der Waals surface area contributed by atoms with Gasteiger partial charge in [-0.05, 0) is 24.5 Å².